The largest absolute Gasteiger partial charge is 0.300 e. The number of rotatable bonds is 5. The van der Waals surface area contributed by atoms with E-state index in [0.717, 1.165) is 6.42 Å². The van der Waals surface area contributed by atoms with Crippen LogP contribution in [0.2, 0.25) is 0 Å². The van der Waals surface area contributed by atoms with Gasteiger partial charge >= 0.3 is 0 Å². The fourth-order valence-corrected chi connectivity index (χ4v) is 1.77. The van der Waals surface area contributed by atoms with E-state index < -0.39 is 0 Å². The molecule has 0 bridgehead atoms. The van der Waals surface area contributed by atoms with Gasteiger partial charge in [0.25, 0.3) is 0 Å². The molecule has 1 atom stereocenters. The molecule has 0 aliphatic rings. The third kappa shape index (κ3) is 6.14. The average molecular weight is 160 g/mol. The maximum absolute atomic E-state index is 10.6. The molecular weight excluding hydrogens is 144 g/mol. The first-order valence-corrected chi connectivity index (χ1v) is 4.82. The van der Waals surface area contributed by atoms with Crippen LogP contribution in [0.1, 0.15) is 33.6 Å². The normalized spacial score (nSPS) is 13.1. The van der Waals surface area contributed by atoms with Crippen molar-refractivity contribution >= 4 is 17.5 Å². The molecule has 0 fully saturated rings. The molecule has 0 saturated carbocycles. The van der Waals surface area contributed by atoms with E-state index in [4.69, 9.17) is 0 Å². The standard InChI is InChI=1S/C8H16OS/c1-4-5-10-8(3)6-7(2)9/h8H,4-6H2,1-3H3. The summed E-state index contributed by atoms with van der Waals surface area (Å²) in [5.74, 6) is 1.48. The van der Waals surface area contributed by atoms with Crippen LogP contribution in [-0.2, 0) is 4.79 Å². The highest BCUT2D eigenvalue weighted by atomic mass is 32.2. The maximum atomic E-state index is 10.6. The number of hydrogen-bond donors (Lipinski definition) is 0. The van der Waals surface area contributed by atoms with Crippen molar-refractivity contribution in [2.24, 2.45) is 0 Å². The predicted octanol–water partition coefficient (Wildman–Crippen LogP) is 2.50. The monoisotopic (exact) mass is 160 g/mol. The lowest BCUT2D eigenvalue weighted by Gasteiger charge is -2.06. The van der Waals surface area contributed by atoms with E-state index in [1.807, 2.05) is 11.8 Å². The Balaban J connectivity index is 3.25. The summed E-state index contributed by atoms with van der Waals surface area (Å²) in [6, 6.07) is 0. The molecule has 0 aromatic heterocycles. The van der Waals surface area contributed by atoms with Crippen molar-refractivity contribution in [3.8, 4) is 0 Å². The lowest BCUT2D eigenvalue weighted by atomic mass is 10.2. The Morgan fingerprint density at radius 2 is 2.20 bits per heavy atom. The first-order chi connectivity index (χ1) is 4.66. The van der Waals surface area contributed by atoms with E-state index in [0.29, 0.717) is 11.0 Å². The van der Waals surface area contributed by atoms with Crippen molar-refractivity contribution in [2.45, 2.75) is 38.9 Å². The van der Waals surface area contributed by atoms with Gasteiger partial charge in [-0.05, 0) is 19.1 Å². The molecule has 1 unspecified atom stereocenters. The molecule has 0 radical (unpaired) electrons. The van der Waals surface area contributed by atoms with Crippen LogP contribution in [0.4, 0.5) is 0 Å². The Labute approximate surface area is 67.6 Å². The summed E-state index contributed by atoms with van der Waals surface area (Å²) in [4.78, 5) is 10.6. The zero-order valence-electron chi connectivity index (χ0n) is 7.02. The third-order valence-corrected chi connectivity index (χ3v) is 2.56. The highest BCUT2D eigenvalue weighted by molar-refractivity contribution is 7.99. The third-order valence-electron chi connectivity index (χ3n) is 1.18. The van der Waals surface area contributed by atoms with Crippen LogP contribution < -0.4 is 0 Å². The van der Waals surface area contributed by atoms with Crippen molar-refractivity contribution in [3.05, 3.63) is 0 Å². The minimum atomic E-state index is 0.302. The molecule has 0 saturated heterocycles. The molecule has 10 heavy (non-hydrogen) atoms. The van der Waals surface area contributed by atoms with Crippen LogP contribution in [-0.4, -0.2) is 16.8 Å². The van der Waals surface area contributed by atoms with Crippen molar-refractivity contribution in [3.63, 3.8) is 0 Å². The molecular formula is C8H16OS. The molecule has 2 heteroatoms. The molecule has 0 amide bonds. The molecule has 0 heterocycles. The quantitative estimate of drug-likeness (QED) is 0.614. The smallest absolute Gasteiger partial charge is 0.130 e. The maximum Gasteiger partial charge on any atom is 0.130 e. The van der Waals surface area contributed by atoms with E-state index in [9.17, 15) is 4.79 Å². The van der Waals surface area contributed by atoms with Crippen molar-refractivity contribution in [1.82, 2.24) is 0 Å². The summed E-state index contributed by atoms with van der Waals surface area (Å²) in [5.41, 5.74) is 0. The zero-order chi connectivity index (χ0) is 7.98. The van der Waals surface area contributed by atoms with Crippen molar-refractivity contribution in [2.75, 3.05) is 5.75 Å². The van der Waals surface area contributed by atoms with Crippen LogP contribution in [0.3, 0.4) is 0 Å². The first-order valence-electron chi connectivity index (χ1n) is 3.77. The molecule has 0 rings (SSSR count). The van der Waals surface area contributed by atoms with Gasteiger partial charge < -0.3 is 0 Å². The molecule has 0 aromatic carbocycles. The van der Waals surface area contributed by atoms with Gasteiger partial charge in [-0.3, -0.25) is 4.79 Å². The Morgan fingerprint density at radius 3 is 2.60 bits per heavy atom. The highest BCUT2D eigenvalue weighted by Crippen LogP contribution is 2.14. The summed E-state index contributed by atoms with van der Waals surface area (Å²) >= 11 is 1.88. The highest BCUT2D eigenvalue weighted by Gasteiger charge is 2.03. The van der Waals surface area contributed by atoms with Crippen LogP contribution >= 0.6 is 11.8 Å². The van der Waals surface area contributed by atoms with Crippen LogP contribution in [0.5, 0.6) is 0 Å². The van der Waals surface area contributed by atoms with Gasteiger partial charge in [-0.1, -0.05) is 13.8 Å². The lowest BCUT2D eigenvalue weighted by molar-refractivity contribution is -0.116. The SMILES string of the molecule is CCCSC(C)CC(C)=O. The Kier molecular flexibility index (Phi) is 5.79. The second-order valence-corrected chi connectivity index (χ2v) is 4.13. The molecule has 0 N–H and O–H groups in total. The van der Waals surface area contributed by atoms with Gasteiger partial charge in [-0.25, -0.2) is 0 Å². The van der Waals surface area contributed by atoms with Crippen LogP contribution in [0, 0.1) is 0 Å². The minimum Gasteiger partial charge on any atom is -0.300 e. The fourth-order valence-electron chi connectivity index (χ4n) is 0.783. The summed E-state index contributed by atoms with van der Waals surface area (Å²) in [5, 5.41) is 0.512. The summed E-state index contributed by atoms with van der Waals surface area (Å²) in [7, 11) is 0. The number of carbonyl (C=O) groups is 1. The second kappa shape index (κ2) is 5.78. The number of thioether (sulfide) groups is 1. The van der Waals surface area contributed by atoms with Gasteiger partial charge in [-0.2, -0.15) is 11.8 Å². The van der Waals surface area contributed by atoms with Crippen LogP contribution in [0.25, 0.3) is 0 Å². The molecule has 0 aromatic rings. The molecule has 0 aliphatic carbocycles. The van der Waals surface area contributed by atoms with Gasteiger partial charge in [0.05, 0.1) is 0 Å². The second-order valence-electron chi connectivity index (χ2n) is 2.59. The number of ketones is 1. The Hall–Kier alpha value is 0.0200. The lowest BCUT2D eigenvalue weighted by Crippen LogP contribution is -2.03. The van der Waals surface area contributed by atoms with Gasteiger partial charge in [0.1, 0.15) is 5.78 Å². The van der Waals surface area contributed by atoms with Gasteiger partial charge in [0, 0.05) is 11.7 Å². The topological polar surface area (TPSA) is 17.1 Å². The van der Waals surface area contributed by atoms with E-state index in [-0.39, 0.29) is 0 Å². The summed E-state index contributed by atoms with van der Waals surface area (Å²) in [6.45, 7) is 5.93. The average Bonchev–Trinajstić information content (AvgIpc) is 1.82. The fraction of sp³-hybridized carbons (Fsp3) is 0.875. The van der Waals surface area contributed by atoms with E-state index >= 15 is 0 Å². The number of Topliss-reactive ketones (excluding diaryl/α,β-unsaturated/α-hetero) is 1. The zero-order valence-corrected chi connectivity index (χ0v) is 7.83. The minimum absolute atomic E-state index is 0.302. The van der Waals surface area contributed by atoms with Crippen molar-refractivity contribution < 1.29 is 4.79 Å². The van der Waals surface area contributed by atoms with E-state index in [1.165, 1.54) is 12.2 Å². The predicted molar refractivity (Wildman–Crippen MR) is 47.5 cm³/mol. The Bertz CT molecular complexity index is 101. The van der Waals surface area contributed by atoms with Gasteiger partial charge in [-0.15, -0.1) is 0 Å². The molecule has 1 nitrogen and oxygen atoms in total. The van der Waals surface area contributed by atoms with E-state index in [1.54, 1.807) is 6.92 Å². The summed E-state index contributed by atoms with van der Waals surface area (Å²) in [6.07, 6.45) is 1.93. The van der Waals surface area contributed by atoms with Gasteiger partial charge in [0.15, 0.2) is 0 Å². The van der Waals surface area contributed by atoms with Crippen LogP contribution in [0.15, 0.2) is 0 Å². The number of hydrogen-bond acceptors (Lipinski definition) is 2. The first kappa shape index (κ1) is 10.0. The molecule has 60 valence electrons. The van der Waals surface area contributed by atoms with Gasteiger partial charge in [0.2, 0.25) is 0 Å². The van der Waals surface area contributed by atoms with E-state index in [2.05, 4.69) is 13.8 Å². The van der Waals surface area contributed by atoms with Crippen molar-refractivity contribution in [1.29, 1.82) is 0 Å². The number of carbonyl (C=O) groups excluding carboxylic acids is 1. The summed E-state index contributed by atoms with van der Waals surface area (Å²) < 4.78 is 0. The molecule has 0 aliphatic heterocycles. The molecule has 0 spiro atoms. The Morgan fingerprint density at radius 1 is 1.60 bits per heavy atom.